The summed E-state index contributed by atoms with van der Waals surface area (Å²) in [7, 11) is 0. The molecule has 0 spiro atoms. The number of fused-ring (bicyclic) bond motifs is 1. The molecule has 32 heavy (non-hydrogen) atoms. The van der Waals surface area contributed by atoms with Gasteiger partial charge in [0.25, 0.3) is 0 Å². The summed E-state index contributed by atoms with van der Waals surface area (Å²) in [6.07, 6.45) is 7.76. The topological polar surface area (TPSA) is 79.1 Å². The molecule has 2 aliphatic rings. The molecule has 0 unspecified atom stereocenters. The van der Waals surface area contributed by atoms with E-state index in [1.807, 2.05) is 66.9 Å². The zero-order chi connectivity index (χ0) is 22.3. The molecule has 0 aliphatic heterocycles. The Morgan fingerprint density at radius 3 is 2.34 bits per heavy atom. The van der Waals surface area contributed by atoms with Crippen molar-refractivity contribution in [1.29, 1.82) is 0 Å². The summed E-state index contributed by atoms with van der Waals surface area (Å²) >= 11 is 0. The number of hydrogen-bond acceptors (Lipinski definition) is 4. The van der Waals surface area contributed by atoms with Crippen LogP contribution >= 0.6 is 0 Å². The van der Waals surface area contributed by atoms with E-state index in [0.717, 1.165) is 36.8 Å². The lowest BCUT2D eigenvalue weighted by atomic mass is 9.92. The Hall–Kier alpha value is -2.92. The van der Waals surface area contributed by atoms with E-state index in [0.29, 0.717) is 18.3 Å². The van der Waals surface area contributed by atoms with E-state index in [4.69, 9.17) is 9.94 Å². The summed E-state index contributed by atoms with van der Waals surface area (Å²) in [5.74, 6) is 0.0775. The van der Waals surface area contributed by atoms with Crippen LogP contribution in [0.4, 0.5) is 0 Å². The molecule has 0 amide bonds. The number of carbonyl (C=O) groups is 1. The highest BCUT2D eigenvalue weighted by Crippen LogP contribution is 2.49. The zero-order valence-corrected chi connectivity index (χ0v) is 18.2. The van der Waals surface area contributed by atoms with Gasteiger partial charge >= 0.3 is 5.97 Å². The van der Waals surface area contributed by atoms with Crippen LogP contribution in [0.25, 0.3) is 0 Å². The van der Waals surface area contributed by atoms with Crippen molar-refractivity contribution in [2.45, 2.75) is 50.7 Å². The second-order valence-corrected chi connectivity index (χ2v) is 8.92. The number of benzene rings is 2. The van der Waals surface area contributed by atoms with Gasteiger partial charge in [-0.3, -0.25) is 4.79 Å². The SMILES string of the molecule is O=C(O)CCC/C=C1\C[C@H]2C[C@@H](O)[C@H](/C=N\OC(c3ccccc3)c3ccccc3)[C@H]2C1. The minimum atomic E-state index is -0.740. The quantitative estimate of drug-likeness (QED) is 0.241. The smallest absolute Gasteiger partial charge is 0.303 e. The molecule has 0 radical (unpaired) electrons. The third kappa shape index (κ3) is 5.46. The van der Waals surface area contributed by atoms with Crippen LogP contribution in [0.3, 0.4) is 0 Å². The van der Waals surface area contributed by atoms with Crippen molar-refractivity contribution in [2.24, 2.45) is 22.9 Å². The molecular weight excluding hydrogens is 402 g/mol. The van der Waals surface area contributed by atoms with Crippen LogP contribution in [0.15, 0.2) is 77.5 Å². The largest absolute Gasteiger partial charge is 0.481 e. The van der Waals surface area contributed by atoms with Crippen LogP contribution in [-0.4, -0.2) is 28.5 Å². The number of unbranched alkanes of at least 4 members (excludes halogenated alkanes) is 1. The lowest BCUT2D eigenvalue weighted by Gasteiger charge is -2.18. The predicted octanol–water partition coefficient (Wildman–Crippen LogP) is 5.37. The molecule has 4 atom stereocenters. The van der Waals surface area contributed by atoms with E-state index in [-0.39, 0.29) is 18.4 Å². The van der Waals surface area contributed by atoms with Crippen molar-refractivity contribution in [3.63, 3.8) is 0 Å². The molecule has 2 aliphatic carbocycles. The fourth-order valence-electron chi connectivity index (χ4n) is 5.17. The normalized spacial score (nSPS) is 26.1. The molecule has 0 aromatic heterocycles. The first-order valence-corrected chi connectivity index (χ1v) is 11.5. The second-order valence-electron chi connectivity index (χ2n) is 8.92. The van der Waals surface area contributed by atoms with E-state index in [1.54, 1.807) is 0 Å². The highest BCUT2D eigenvalue weighted by molar-refractivity contribution is 5.66. The van der Waals surface area contributed by atoms with Gasteiger partial charge in [0.15, 0.2) is 6.10 Å². The van der Waals surface area contributed by atoms with Gasteiger partial charge < -0.3 is 15.1 Å². The highest BCUT2D eigenvalue weighted by Gasteiger charge is 2.45. The summed E-state index contributed by atoms with van der Waals surface area (Å²) in [4.78, 5) is 16.7. The first kappa shape index (κ1) is 22.3. The summed E-state index contributed by atoms with van der Waals surface area (Å²) in [5.41, 5.74) is 3.46. The number of rotatable bonds is 9. The maximum absolute atomic E-state index is 10.7. The predicted molar refractivity (Wildman–Crippen MR) is 124 cm³/mol. The molecular formula is C27H31NO4. The summed E-state index contributed by atoms with van der Waals surface area (Å²) in [6.45, 7) is 0. The maximum Gasteiger partial charge on any atom is 0.303 e. The van der Waals surface area contributed by atoms with Crippen LogP contribution in [-0.2, 0) is 9.63 Å². The Morgan fingerprint density at radius 2 is 1.72 bits per heavy atom. The number of allylic oxidation sites excluding steroid dienone is 2. The van der Waals surface area contributed by atoms with Crippen molar-refractivity contribution in [2.75, 3.05) is 0 Å². The summed E-state index contributed by atoms with van der Waals surface area (Å²) < 4.78 is 0. The van der Waals surface area contributed by atoms with Crippen LogP contribution in [0, 0.1) is 17.8 Å². The van der Waals surface area contributed by atoms with Gasteiger partial charge in [0.2, 0.25) is 0 Å². The first-order valence-electron chi connectivity index (χ1n) is 11.5. The standard InChI is InChI=1S/C27H31NO4/c29-25-17-22-15-19(9-7-8-14-26(30)31)16-23(22)24(25)18-28-32-27(20-10-3-1-4-11-20)21-12-5-2-6-13-21/h1-6,9-13,18,22-25,27,29H,7-8,14-17H2,(H,30,31)/b19-9+,28-18-/t22-,23-,24+,25+/m0/s1. The lowest BCUT2D eigenvalue weighted by Crippen LogP contribution is -2.20. The molecule has 0 heterocycles. The Bertz CT molecular complexity index is 901. The third-order valence-electron chi connectivity index (χ3n) is 6.74. The number of carboxylic acids is 1. The Labute approximate surface area is 189 Å². The zero-order valence-electron chi connectivity index (χ0n) is 18.2. The summed E-state index contributed by atoms with van der Waals surface area (Å²) in [6, 6.07) is 20.1. The number of carboxylic acid groups (broad SMARTS) is 1. The van der Waals surface area contributed by atoms with E-state index in [1.165, 1.54) is 5.57 Å². The molecule has 2 fully saturated rings. The third-order valence-corrected chi connectivity index (χ3v) is 6.74. The van der Waals surface area contributed by atoms with E-state index in [9.17, 15) is 9.90 Å². The molecule has 4 rings (SSSR count). The Kier molecular flexibility index (Phi) is 7.38. The molecule has 0 saturated heterocycles. The fraction of sp³-hybridized carbons (Fsp3) is 0.407. The molecule has 5 heteroatoms. The average Bonchev–Trinajstić information content (AvgIpc) is 3.32. The molecule has 0 bridgehead atoms. The molecule has 2 N–H and O–H groups in total. The van der Waals surface area contributed by atoms with Crippen molar-refractivity contribution >= 4 is 12.2 Å². The van der Waals surface area contributed by atoms with Gasteiger partial charge in [-0.2, -0.15) is 0 Å². The van der Waals surface area contributed by atoms with Gasteiger partial charge in [0.1, 0.15) is 0 Å². The van der Waals surface area contributed by atoms with Gasteiger partial charge in [-0.15, -0.1) is 0 Å². The summed E-state index contributed by atoms with van der Waals surface area (Å²) in [5, 5.41) is 23.8. The molecule has 2 aromatic carbocycles. The molecule has 168 valence electrons. The molecule has 5 nitrogen and oxygen atoms in total. The number of nitrogens with zero attached hydrogens (tertiary/aromatic N) is 1. The van der Waals surface area contributed by atoms with Crippen molar-refractivity contribution in [3.8, 4) is 0 Å². The number of hydrogen-bond donors (Lipinski definition) is 2. The van der Waals surface area contributed by atoms with Crippen molar-refractivity contribution in [3.05, 3.63) is 83.4 Å². The van der Waals surface area contributed by atoms with Crippen molar-refractivity contribution in [1.82, 2.24) is 0 Å². The van der Waals surface area contributed by atoms with Crippen LogP contribution in [0.5, 0.6) is 0 Å². The minimum absolute atomic E-state index is 0.0166. The van der Waals surface area contributed by atoms with Gasteiger partial charge in [0, 0.05) is 18.6 Å². The minimum Gasteiger partial charge on any atom is -0.481 e. The number of oxime groups is 1. The highest BCUT2D eigenvalue weighted by atomic mass is 16.6. The van der Waals surface area contributed by atoms with E-state index >= 15 is 0 Å². The van der Waals surface area contributed by atoms with Crippen LogP contribution < -0.4 is 0 Å². The van der Waals surface area contributed by atoms with Gasteiger partial charge in [0.05, 0.1) is 6.10 Å². The van der Waals surface area contributed by atoms with Gasteiger partial charge in [-0.25, -0.2) is 0 Å². The molecule has 2 aromatic rings. The number of aliphatic carboxylic acids is 1. The lowest BCUT2D eigenvalue weighted by molar-refractivity contribution is -0.137. The Morgan fingerprint density at radius 1 is 1.06 bits per heavy atom. The maximum atomic E-state index is 10.7. The second kappa shape index (κ2) is 10.6. The van der Waals surface area contributed by atoms with Crippen LogP contribution in [0.2, 0.25) is 0 Å². The Balaban J connectivity index is 1.40. The van der Waals surface area contributed by atoms with Crippen LogP contribution in [0.1, 0.15) is 55.8 Å². The van der Waals surface area contributed by atoms with E-state index in [2.05, 4.69) is 11.2 Å². The van der Waals surface area contributed by atoms with Gasteiger partial charge in [-0.05, 0) is 55.1 Å². The van der Waals surface area contributed by atoms with Crippen molar-refractivity contribution < 1.29 is 19.8 Å². The van der Waals surface area contributed by atoms with E-state index < -0.39 is 12.1 Å². The fourth-order valence-corrected chi connectivity index (χ4v) is 5.17. The number of aliphatic hydroxyl groups excluding tert-OH is 1. The average molecular weight is 434 g/mol. The van der Waals surface area contributed by atoms with Gasteiger partial charge in [-0.1, -0.05) is 77.5 Å². The first-order chi connectivity index (χ1) is 15.6. The molecule has 2 saturated carbocycles. The monoisotopic (exact) mass is 433 g/mol. The number of aliphatic hydroxyl groups is 1.